The van der Waals surface area contributed by atoms with E-state index in [1.807, 2.05) is 0 Å². The number of rotatable bonds is 12. The average molecular weight is 639 g/mol. The summed E-state index contributed by atoms with van der Waals surface area (Å²) in [5.74, 6) is 1.07. The van der Waals surface area contributed by atoms with Gasteiger partial charge in [0.25, 0.3) is 0 Å². The van der Waals surface area contributed by atoms with Gasteiger partial charge >= 0.3 is 0 Å². The number of hydrogen-bond donors (Lipinski definition) is 12. The number of aliphatic hydroxyl groups is 6. The van der Waals surface area contributed by atoms with E-state index in [1.165, 1.54) is 0 Å². The molecule has 16 nitrogen and oxygen atoms in total. The number of nitrogens with two attached hydrogens (primary N) is 4. The van der Waals surface area contributed by atoms with Gasteiger partial charge in [-0.25, -0.2) is 0 Å². The molecule has 0 amide bonds. The molecule has 0 spiro atoms. The second-order valence-corrected chi connectivity index (χ2v) is 11.6. The normalized spacial score (nSPS) is 36.2. The molecule has 3 heterocycles. The SMILES string of the molecule is NC1CC(NCC(O)CO)CC(OC2CCC(CO)O2)C1.NCCNCC1=CCCCO1.NC[C@@H]1O[C@H](O)[C@H](N)C(O)[C@@H]1O. The second-order valence-electron chi connectivity index (χ2n) is 11.6. The number of nitrogens with one attached hydrogen (secondary N) is 2. The summed E-state index contributed by atoms with van der Waals surface area (Å²) in [6, 6.07) is -0.750. The third-order valence-electron chi connectivity index (χ3n) is 7.80. The first kappa shape index (κ1) is 39.1. The van der Waals surface area contributed by atoms with Crippen molar-refractivity contribution in [1.82, 2.24) is 10.6 Å². The molecule has 16 N–H and O–H groups in total. The molecule has 0 aromatic rings. The Bertz CT molecular complexity index is 784. The second kappa shape index (κ2) is 21.7. The van der Waals surface area contributed by atoms with E-state index in [4.69, 9.17) is 57.2 Å². The lowest BCUT2D eigenvalue weighted by molar-refractivity contribution is -0.238. The molecule has 260 valence electrons. The van der Waals surface area contributed by atoms with Crippen molar-refractivity contribution >= 4 is 0 Å². The van der Waals surface area contributed by atoms with Gasteiger partial charge in [0.1, 0.15) is 24.1 Å². The topological polar surface area (TPSA) is 286 Å². The van der Waals surface area contributed by atoms with Crippen LogP contribution in [0.5, 0.6) is 0 Å². The molecule has 0 bridgehead atoms. The summed E-state index contributed by atoms with van der Waals surface area (Å²) in [4.78, 5) is 0. The minimum Gasteiger partial charge on any atom is -0.497 e. The van der Waals surface area contributed by atoms with Gasteiger partial charge < -0.3 is 83.2 Å². The lowest BCUT2D eigenvalue weighted by Crippen LogP contribution is -2.62. The van der Waals surface area contributed by atoms with E-state index >= 15 is 0 Å². The first-order valence-electron chi connectivity index (χ1n) is 15.7. The highest BCUT2D eigenvalue weighted by molar-refractivity contribution is 4.97. The fraction of sp³-hybridized carbons (Fsp3) is 0.929. The largest absolute Gasteiger partial charge is 0.497 e. The van der Waals surface area contributed by atoms with Crippen molar-refractivity contribution in [2.75, 3.05) is 52.5 Å². The van der Waals surface area contributed by atoms with E-state index < -0.39 is 36.7 Å². The van der Waals surface area contributed by atoms with Crippen molar-refractivity contribution in [2.45, 2.75) is 112 Å². The van der Waals surface area contributed by atoms with E-state index in [9.17, 15) is 15.3 Å². The van der Waals surface area contributed by atoms with Crippen molar-refractivity contribution in [3.63, 3.8) is 0 Å². The summed E-state index contributed by atoms with van der Waals surface area (Å²) in [7, 11) is 0. The summed E-state index contributed by atoms with van der Waals surface area (Å²) in [6.45, 7) is 3.42. The van der Waals surface area contributed by atoms with Gasteiger partial charge in [0.05, 0.1) is 50.7 Å². The van der Waals surface area contributed by atoms with E-state index in [2.05, 4.69) is 16.7 Å². The number of aliphatic hydroxyl groups excluding tert-OH is 6. The molecule has 0 aromatic carbocycles. The molecule has 44 heavy (non-hydrogen) atoms. The van der Waals surface area contributed by atoms with Crippen LogP contribution < -0.4 is 33.6 Å². The minimum atomic E-state index is -1.27. The van der Waals surface area contributed by atoms with Crippen LogP contribution in [0.4, 0.5) is 0 Å². The maximum absolute atomic E-state index is 9.39. The van der Waals surface area contributed by atoms with Gasteiger partial charge in [0, 0.05) is 44.7 Å². The van der Waals surface area contributed by atoms with Gasteiger partial charge in [-0.3, -0.25) is 0 Å². The highest BCUT2D eigenvalue weighted by Crippen LogP contribution is 2.27. The monoisotopic (exact) mass is 638 g/mol. The first-order valence-corrected chi connectivity index (χ1v) is 15.7. The fourth-order valence-corrected chi connectivity index (χ4v) is 5.28. The lowest BCUT2D eigenvalue weighted by atomic mass is 9.89. The third-order valence-corrected chi connectivity index (χ3v) is 7.80. The van der Waals surface area contributed by atoms with Gasteiger partial charge in [-0.2, -0.15) is 0 Å². The molecule has 3 fully saturated rings. The van der Waals surface area contributed by atoms with Crippen molar-refractivity contribution in [3.8, 4) is 0 Å². The van der Waals surface area contributed by atoms with Crippen LogP contribution in [0.2, 0.25) is 0 Å². The predicted molar refractivity (Wildman–Crippen MR) is 162 cm³/mol. The van der Waals surface area contributed by atoms with E-state index in [-0.39, 0.29) is 50.3 Å². The molecule has 7 unspecified atom stereocenters. The first-order chi connectivity index (χ1) is 21.1. The quantitative estimate of drug-likeness (QED) is 0.0899. The lowest BCUT2D eigenvalue weighted by Gasteiger charge is -2.38. The number of hydrogen-bond acceptors (Lipinski definition) is 16. The molecule has 0 radical (unpaired) electrons. The van der Waals surface area contributed by atoms with Crippen LogP contribution in [0.3, 0.4) is 0 Å². The van der Waals surface area contributed by atoms with Crippen LogP contribution in [0, 0.1) is 0 Å². The van der Waals surface area contributed by atoms with Crippen LogP contribution in [0.25, 0.3) is 0 Å². The Labute approximate surface area is 260 Å². The molecule has 4 aliphatic rings. The maximum Gasteiger partial charge on any atom is 0.172 e. The van der Waals surface area contributed by atoms with Crippen LogP contribution in [0.15, 0.2) is 11.8 Å². The Morgan fingerprint density at radius 2 is 1.80 bits per heavy atom. The number of ether oxygens (including phenoxy) is 4. The third kappa shape index (κ3) is 14.1. The molecule has 4 rings (SSSR count). The van der Waals surface area contributed by atoms with E-state index in [0.29, 0.717) is 13.1 Å². The van der Waals surface area contributed by atoms with Crippen molar-refractivity contribution < 1.29 is 49.6 Å². The zero-order valence-electron chi connectivity index (χ0n) is 25.7. The van der Waals surface area contributed by atoms with E-state index in [1.54, 1.807) is 0 Å². The highest BCUT2D eigenvalue weighted by Gasteiger charge is 2.41. The van der Waals surface area contributed by atoms with Crippen LogP contribution >= 0.6 is 0 Å². The number of allylic oxidation sites excluding steroid dienone is 1. The zero-order valence-corrected chi connectivity index (χ0v) is 25.7. The Morgan fingerprint density at radius 1 is 1.02 bits per heavy atom. The van der Waals surface area contributed by atoms with Crippen molar-refractivity contribution in [2.24, 2.45) is 22.9 Å². The smallest absolute Gasteiger partial charge is 0.172 e. The highest BCUT2D eigenvalue weighted by atomic mass is 16.7. The Kier molecular flexibility index (Phi) is 19.3. The molecule has 0 aromatic heterocycles. The maximum atomic E-state index is 9.39. The fourth-order valence-electron chi connectivity index (χ4n) is 5.28. The molecular formula is C28H58N6O10. The van der Waals surface area contributed by atoms with Gasteiger partial charge in [0.2, 0.25) is 0 Å². The summed E-state index contributed by atoms with van der Waals surface area (Å²) in [5, 5.41) is 61.3. The van der Waals surface area contributed by atoms with Crippen LogP contribution in [-0.4, -0.2) is 151 Å². The summed E-state index contributed by atoms with van der Waals surface area (Å²) >= 11 is 0. The van der Waals surface area contributed by atoms with E-state index in [0.717, 1.165) is 70.4 Å². The zero-order chi connectivity index (χ0) is 32.5. The molecule has 2 saturated heterocycles. The Morgan fingerprint density at radius 3 is 2.41 bits per heavy atom. The Balaban J connectivity index is 0.000000250. The van der Waals surface area contributed by atoms with Crippen molar-refractivity contribution in [1.29, 1.82) is 0 Å². The molecule has 16 heteroatoms. The molecular weight excluding hydrogens is 580 g/mol. The molecule has 1 saturated carbocycles. The summed E-state index contributed by atoms with van der Waals surface area (Å²) < 4.78 is 21.8. The van der Waals surface area contributed by atoms with Gasteiger partial charge in [-0.1, -0.05) is 0 Å². The summed E-state index contributed by atoms with van der Waals surface area (Å²) in [6.07, 6.45) is 3.11. The van der Waals surface area contributed by atoms with Gasteiger partial charge in [-0.15, -0.1) is 0 Å². The van der Waals surface area contributed by atoms with Gasteiger partial charge in [0.15, 0.2) is 12.6 Å². The summed E-state index contributed by atoms with van der Waals surface area (Å²) in [5.41, 5.74) is 21.9. The van der Waals surface area contributed by atoms with Crippen molar-refractivity contribution in [3.05, 3.63) is 11.8 Å². The molecule has 3 aliphatic heterocycles. The molecule has 1 aliphatic carbocycles. The van der Waals surface area contributed by atoms with Crippen LogP contribution in [-0.2, 0) is 18.9 Å². The Hall–Kier alpha value is -1.06. The van der Waals surface area contributed by atoms with Gasteiger partial charge in [-0.05, 0) is 44.6 Å². The molecule has 11 atom stereocenters. The minimum absolute atomic E-state index is 0.0277. The van der Waals surface area contributed by atoms with Crippen LogP contribution in [0.1, 0.15) is 44.9 Å². The standard InChI is InChI=1S/C14H28N2O5.C8H16N2O.C6H14N2O4/c15-9-3-10(16-6-11(19)7-17)5-13(4-9)21-14-2-1-12(8-18)20-14;9-4-5-10-7-8-3-1-2-6-11-8;7-1-2-4(9)5(10)3(8)6(11)12-2/h9-14,16-19H,1-8,15H2;3,10H,1-2,4-7,9H2;2-6,9-11H,1,7-8H2/t;;2-,3+,4+,5?,6-/m..0/s1. The average Bonchev–Trinajstić information content (AvgIpc) is 3.49. The predicted octanol–water partition coefficient (Wildman–Crippen LogP) is -4.37.